The second-order valence-corrected chi connectivity index (χ2v) is 7.20. The van der Waals surface area contributed by atoms with Gasteiger partial charge in [0.25, 0.3) is 0 Å². The van der Waals surface area contributed by atoms with Crippen molar-refractivity contribution in [2.45, 2.75) is 71.6 Å². The summed E-state index contributed by atoms with van der Waals surface area (Å²) in [6.45, 7) is 9.39. The van der Waals surface area contributed by atoms with E-state index in [0.29, 0.717) is 17.9 Å². The Labute approximate surface area is 134 Å². The number of benzene rings is 1. The maximum absolute atomic E-state index is 5.31. The Balaban J connectivity index is 1.72. The molecular formula is C20H29NO. The van der Waals surface area contributed by atoms with Crippen LogP contribution in [-0.4, -0.2) is 12.3 Å². The monoisotopic (exact) mass is 299 g/mol. The van der Waals surface area contributed by atoms with Crippen molar-refractivity contribution in [2.24, 2.45) is 11.1 Å². The first-order chi connectivity index (χ1) is 10.6. The van der Waals surface area contributed by atoms with Gasteiger partial charge in [-0.15, -0.1) is 0 Å². The molecule has 1 spiro atoms. The van der Waals surface area contributed by atoms with Gasteiger partial charge in [0.05, 0.1) is 5.71 Å². The molecule has 0 heterocycles. The molecule has 1 aromatic rings. The van der Waals surface area contributed by atoms with Crippen molar-refractivity contribution in [2.75, 3.05) is 6.61 Å². The molecule has 2 aliphatic carbocycles. The zero-order valence-electron chi connectivity index (χ0n) is 14.5. The van der Waals surface area contributed by atoms with Gasteiger partial charge in [-0.3, -0.25) is 0 Å². The normalized spacial score (nSPS) is 27.5. The molecule has 0 saturated heterocycles. The third-order valence-corrected chi connectivity index (χ3v) is 5.71. The standard InChI is InChI=1S/C20H29NO/c1-5-18(21-22-6-2)16-7-9-20(10-8-16)13-17-12-14(3)11-15(4)19(17)20/h11-12,16H,5-10,13H2,1-4H3. The van der Waals surface area contributed by atoms with Gasteiger partial charge >= 0.3 is 0 Å². The fourth-order valence-electron chi connectivity index (χ4n) is 4.81. The second-order valence-electron chi connectivity index (χ2n) is 7.20. The number of oxime groups is 1. The third kappa shape index (κ3) is 2.57. The third-order valence-electron chi connectivity index (χ3n) is 5.71. The lowest BCUT2D eigenvalue weighted by Gasteiger charge is -2.50. The first-order valence-electron chi connectivity index (χ1n) is 8.89. The van der Waals surface area contributed by atoms with E-state index in [9.17, 15) is 0 Å². The summed E-state index contributed by atoms with van der Waals surface area (Å²) >= 11 is 0. The van der Waals surface area contributed by atoms with Crippen LogP contribution in [-0.2, 0) is 16.7 Å². The van der Waals surface area contributed by atoms with Crippen LogP contribution in [0.3, 0.4) is 0 Å². The summed E-state index contributed by atoms with van der Waals surface area (Å²) in [4.78, 5) is 5.31. The van der Waals surface area contributed by atoms with Crippen LogP contribution >= 0.6 is 0 Å². The molecule has 1 saturated carbocycles. The Bertz CT molecular complexity index is 562. The van der Waals surface area contributed by atoms with Crippen molar-refractivity contribution in [3.05, 3.63) is 34.4 Å². The largest absolute Gasteiger partial charge is 0.396 e. The van der Waals surface area contributed by atoms with Gasteiger partial charge in [-0.05, 0) is 81.4 Å². The van der Waals surface area contributed by atoms with Gasteiger partial charge in [-0.1, -0.05) is 29.8 Å². The molecule has 120 valence electrons. The molecule has 0 amide bonds. The maximum atomic E-state index is 5.31. The maximum Gasteiger partial charge on any atom is 0.114 e. The van der Waals surface area contributed by atoms with E-state index in [1.54, 1.807) is 11.1 Å². The van der Waals surface area contributed by atoms with Gasteiger partial charge in [0.1, 0.15) is 6.61 Å². The number of fused-ring (bicyclic) bond motifs is 2. The van der Waals surface area contributed by atoms with Gasteiger partial charge in [0, 0.05) is 5.92 Å². The first-order valence-corrected chi connectivity index (χ1v) is 8.89. The molecule has 0 aliphatic heterocycles. The summed E-state index contributed by atoms with van der Waals surface area (Å²) < 4.78 is 0. The van der Waals surface area contributed by atoms with E-state index in [-0.39, 0.29) is 0 Å². The number of nitrogens with zero attached hydrogens (tertiary/aromatic N) is 1. The smallest absolute Gasteiger partial charge is 0.114 e. The summed E-state index contributed by atoms with van der Waals surface area (Å²) in [6, 6.07) is 4.76. The van der Waals surface area contributed by atoms with E-state index in [2.05, 4.69) is 38.1 Å². The predicted molar refractivity (Wildman–Crippen MR) is 92.6 cm³/mol. The van der Waals surface area contributed by atoms with E-state index in [0.717, 1.165) is 6.42 Å². The van der Waals surface area contributed by atoms with Crippen molar-refractivity contribution in [1.82, 2.24) is 0 Å². The Morgan fingerprint density at radius 1 is 1.23 bits per heavy atom. The molecule has 2 nitrogen and oxygen atoms in total. The van der Waals surface area contributed by atoms with Crippen LogP contribution in [0.15, 0.2) is 17.3 Å². The zero-order valence-corrected chi connectivity index (χ0v) is 14.5. The van der Waals surface area contributed by atoms with Gasteiger partial charge in [0.15, 0.2) is 0 Å². The van der Waals surface area contributed by atoms with Crippen LogP contribution < -0.4 is 0 Å². The van der Waals surface area contributed by atoms with Gasteiger partial charge < -0.3 is 4.84 Å². The highest BCUT2D eigenvalue weighted by molar-refractivity contribution is 5.86. The molecular weight excluding hydrogens is 270 g/mol. The molecule has 0 atom stereocenters. The highest BCUT2D eigenvalue weighted by Crippen LogP contribution is 2.53. The first kappa shape index (κ1) is 15.6. The van der Waals surface area contributed by atoms with Crippen molar-refractivity contribution < 1.29 is 4.84 Å². The van der Waals surface area contributed by atoms with E-state index < -0.39 is 0 Å². The van der Waals surface area contributed by atoms with Crippen LogP contribution in [0.4, 0.5) is 0 Å². The van der Waals surface area contributed by atoms with E-state index in [1.165, 1.54) is 48.9 Å². The van der Waals surface area contributed by atoms with Gasteiger partial charge in [-0.2, -0.15) is 0 Å². The molecule has 22 heavy (non-hydrogen) atoms. The van der Waals surface area contributed by atoms with Crippen LogP contribution in [0.25, 0.3) is 0 Å². The Kier molecular flexibility index (Phi) is 4.29. The summed E-state index contributed by atoms with van der Waals surface area (Å²) in [5, 5.41) is 4.37. The van der Waals surface area contributed by atoms with Crippen molar-refractivity contribution in [3.8, 4) is 0 Å². The Hall–Kier alpha value is -1.31. The van der Waals surface area contributed by atoms with Crippen LogP contribution in [0, 0.1) is 19.8 Å². The summed E-state index contributed by atoms with van der Waals surface area (Å²) in [7, 11) is 0. The Morgan fingerprint density at radius 3 is 2.55 bits per heavy atom. The number of aryl methyl sites for hydroxylation is 2. The topological polar surface area (TPSA) is 21.6 Å². The van der Waals surface area contributed by atoms with Crippen molar-refractivity contribution in [3.63, 3.8) is 0 Å². The summed E-state index contributed by atoms with van der Waals surface area (Å²) in [5.41, 5.74) is 7.96. The second kappa shape index (κ2) is 6.06. The molecule has 0 bridgehead atoms. The van der Waals surface area contributed by atoms with E-state index in [4.69, 9.17) is 4.84 Å². The zero-order chi connectivity index (χ0) is 15.7. The predicted octanol–water partition coefficient (Wildman–Crippen LogP) is 5.09. The highest BCUT2D eigenvalue weighted by Gasteiger charge is 2.46. The number of hydrogen-bond donors (Lipinski definition) is 0. The van der Waals surface area contributed by atoms with Crippen LogP contribution in [0.2, 0.25) is 0 Å². The quantitative estimate of drug-likeness (QED) is 0.560. The van der Waals surface area contributed by atoms with Crippen LogP contribution in [0.5, 0.6) is 0 Å². The fourth-order valence-corrected chi connectivity index (χ4v) is 4.81. The molecule has 2 aliphatic rings. The lowest BCUT2D eigenvalue weighted by Crippen LogP contribution is -2.44. The molecule has 3 rings (SSSR count). The lowest BCUT2D eigenvalue weighted by molar-refractivity contribution is 0.153. The highest BCUT2D eigenvalue weighted by atomic mass is 16.6. The Morgan fingerprint density at radius 2 is 1.95 bits per heavy atom. The molecule has 0 radical (unpaired) electrons. The minimum Gasteiger partial charge on any atom is -0.396 e. The fraction of sp³-hybridized carbons (Fsp3) is 0.650. The SMILES string of the molecule is CCON=C(CC)C1CCC2(CC1)Cc1cc(C)cc(C)c12. The molecule has 0 aromatic heterocycles. The average Bonchev–Trinajstić information content (AvgIpc) is 2.47. The van der Waals surface area contributed by atoms with Crippen molar-refractivity contribution in [1.29, 1.82) is 0 Å². The minimum absolute atomic E-state index is 0.480. The van der Waals surface area contributed by atoms with E-state index >= 15 is 0 Å². The average molecular weight is 299 g/mol. The van der Waals surface area contributed by atoms with Crippen LogP contribution in [0.1, 0.15) is 68.2 Å². The molecule has 0 unspecified atom stereocenters. The molecule has 1 aromatic carbocycles. The number of rotatable bonds is 4. The lowest BCUT2D eigenvalue weighted by atomic mass is 9.54. The summed E-state index contributed by atoms with van der Waals surface area (Å²) in [6.07, 6.45) is 7.49. The van der Waals surface area contributed by atoms with Crippen molar-refractivity contribution >= 4 is 5.71 Å². The molecule has 1 fully saturated rings. The number of hydrogen-bond acceptors (Lipinski definition) is 2. The summed E-state index contributed by atoms with van der Waals surface area (Å²) in [5.74, 6) is 0.636. The minimum atomic E-state index is 0.480. The molecule has 0 N–H and O–H groups in total. The molecule has 2 heteroatoms. The van der Waals surface area contributed by atoms with E-state index in [1.807, 2.05) is 6.92 Å². The van der Waals surface area contributed by atoms with Gasteiger partial charge in [-0.25, -0.2) is 0 Å². The van der Waals surface area contributed by atoms with Gasteiger partial charge in [0.2, 0.25) is 0 Å².